The minimum atomic E-state index is -0.939. The molecule has 166 valence electrons. The van der Waals surface area contributed by atoms with Gasteiger partial charge >= 0.3 is 5.97 Å². The Balaban J connectivity index is 1.37. The van der Waals surface area contributed by atoms with Crippen molar-refractivity contribution in [3.05, 3.63) is 76.2 Å². The maximum Gasteiger partial charge on any atom is 0.337 e. The lowest BCUT2D eigenvalue weighted by Gasteiger charge is -2.07. The van der Waals surface area contributed by atoms with Crippen molar-refractivity contribution in [3.8, 4) is 10.6 Å². The van der Waals surface area contributed by atoms with Gasteiger partial charge in [0.1, 0.15) is 18.0 Å². The number of anilines is 1. The number of carboxylic acid groups (broad SMARTS) is 1. The van der Waals surface area contributed by atoms with Crippen LogP contribution in [0.3, 0.4) is 0 Å². The molecule has 2 aromatic carbocycles. The average molecular weight is 478 g/mol. The topological polar surface area (TPSA) is 75.1 Å². The van der Waals surface area contributed by atoms with Crippen LogP contribution in [0.25, 0.3) is 30.7 Å². The Bertz CT molecular complexity index is 1520. The number of nitrogens with one attached hydrogen (secondary N) is 1. The summed E-state index contributed by atoms with van der Waals surface area (Å²) in [5.41, 5.74) is 3.15. The van der Waals surface area contributed by atoms with Crippen LogP contribution < -0.4 is 5.32 Å². The van der Waals surface area contributed by atoms with Crippen LogP contribution in [0.5, 0.6) is 0 Å². The van der Waals surface area contributed by atoms with Crippen LogP contribution in [-0.4, -0.2) is 27.6 Å². The predicted octanol–water partition coefficient (Wildman–Crippen LogP) is 6.68. The van der Waals surface area contributed by atoms with E-state index in [4.69, 9.17) is 0 Å². The quantitative estimate of drug-likeness (QED) is 0.285. The highest BCUT2D eigenvalue weighted by Crippen LogP contribution is 2.36. The fraction of sp³-hybridized carbons (Fsp3) is 0.160. The lowest BCUT2D eigenvalue weighted by atomic mass is 10.1. The first-order valence-corrected chi connectivity index (χ1v) is 12.0. The third kappa shape index (κ3) is 4.07. The summed E-state index contributed by atoms with van der Waals surface area (Å²) in [4.78, 5) is 22.3. The summed E-state index contributed by atoms with van der Waals surface area (Å²) in [6, 6.07) is 12.3. The van der Waals surface area contributed by atoms with E-state index < -0.39 is 5.97 Å². The molecule has 3 heterocycles. The first kappa shape index (κ1) is 21.5. The summed E-state index contributed by atoms with van der Waals surface area (Å²) in [7, 11) is 0. The fourth-order valence-corrected chi connectivity index (χ4v) is 6.35. The molecule has 2 N–H and O–H groups in total. The first-order valence-electron chi connectivity index (χ1n) is 10.4. The van der Waals surface area contributed by atoms with Crippen molar-refractivity contribution in [2.24, 2.45) is 0 Å². The molecular weight excluding hydrogens is 457 g/mol. The zero-order chi connectivity index (χ0) is 23.1. The second kappa shape index (κ2) is 8.53. The predicted molar refractivity (Wildman–Crippen MR) is 133 cm³/mol. The van der Waals surface area contributed by atoms with Gasteiger partial charge in [0.25, 0.3) is 0 Å². The highest BCUT2D eigenvalue weighted by Gasteiger charge is 2.14. The Morgan fingerprint density at radius 2 is 1.94 bits per heavy atom. The van der Waals surface area contributed by atoms with Gasteiger partial charge in [-0.1, -0.05) is 12.1 Å². The number of aromatic carboxylic acids is 1. The lowest BCUT2D eigenvalue weighted by Crippen LogP contribution is -2.07. The number of hydrogen-bond donors (Lipinski definition) is 2. The molecule has 0 unspecified atom stereocenters. The molecule has 0 fully saturated rings. The van der Waals surface area contributed by atoms with Gasteiger partial charge in [0.15, 0.2) is 0 Å². The van der Waals surface area contributed by atoms with E-state index in [1.807, 2.05) is 25.1 Å². The van der Waals surface area contributed by atoms with Gasteiger partial charge in [-0.2, -0.15) is 0 Å². The smallest absolute Gasteiger partial charge is 0.337 e. The molecule has 5 aromatic rings. The molecule has 0 radical (unpaired) electrons. The van der Waals surface area contributed by atoms with Gasteiger partial charge in [-0.05, 0) is 66.4 Å². The summed E-state index contributed by atoms with van der Waals surface area (Å²) in [6.07, 6.45) is 2.25. The third-order valence-corrected chi connectivity index (χ3v) is 8.13. The molecule has 5 rings (SSSR count). The molecule has 0 saturated carbocycles. The summed E-state index contributed by atoms with van der Waals surface area (Å²) >= 11 is 3.11. The number of nitrogens with zero attached hydrogens (tertiary/aromatic N) is 2. The van der Waals surface area contributed by atoms with E-state index in [0.717, 1.165) is 48.3 Å². The lowest BCUT2D eigenvalue weighted by molar-refractivity contribution is 0.0699. The van der Waals surface area contributed by atoms with Gasteiger partial charge in [0.2, 0.25) is 0 Å². The molecule has 3 aromatic heterocycles. The van der Waals surface area contributed by atoms with E-state index in [2.05, 4.69) is 22.2 Å². The second-order valence-electron chi connectivity index (χ2n) is 7.84. The van der Waals surface area contributed by atoms with Gasteiger partial charge in [0, 0.05) is 26.9 Å². The zero-order valence-electron chi connectivity index (χ0n) is 18.0. The Kier molecular flexibility index (Phi) is 5.55. The van der Waals surface area contributed by atoms with Gasteiger partial charge in [-0.25, -0.2) is 19.2 Å². The van der Waals surface area contributed by atoms with Gasteiger partial charge in [-0.15, -0.1) is 22.7 Å². The molecule has 0 atom stereocenters. The van der Waals surface area contributed by atoms with Crippen molar-refractivity contribution in [2.75, 3.05) is 11.9 Å². The van der Waals surface area contributed by atoms with Crippen LogP contribution >= 0.6 is 22.7 Å². The summed E-state index contributed by atoms with van der Waals surface area (Å²) in [5.74, 6) is -0.456. The number of halogens is 1. The number of aryl methyl sites for hydroxylation is 2. The highest BCUT2D eigenvalue weighted by atomic mass is 32.1. The van der Waals surface area contributed by atoms with E-state index in [0.29, 0.717) is 17.9 Å². The Morgan fingerprint density at radius 3 is 2.76 bits per heavy atom. The van der Waals surface area contributed by atoms with Crippen molar-refractivity contribution < 1.29 is 14.3 Å². The van der Waals surface area contributed by atoms with Crippen molar-refractivity contribution in [1.82, 2.24) is 9.97 Å². The molecule has 5 nitrogen and oxygen atoms in total. The van der Waals surface area contributed by atoms with E-state index in [9.17, 15) is 14.3 Å². The molecule has 0 aliphatic rings. The van der Waals surface area contributed by atoms with Crippen LogP contribution in [0, 0.1) is 19.7 Å². The molecule has 0 aliphatic heterocycles. The van der Waals surface area contributed by atoms with Crippen molar-refractivity contribution in [2.45, 2.75) is 20.3 Å². The summed E-state index contributed by atoms with van der Waals surface area (Å²) in [6.45, 7) is 4.67. The molecular formula is C25H20FN3O2S2. The maximum absolute atomic E-state index is 14.0. The SMILES string of the molecule is Cc1sc2c(C)cc(F)cc2c1CCNc1cc(-c2cc3cccc(C(=O)O)c3s2)ncn1. The Hall–Kier alpha value is -3.36. The molecule has 0 amide bonds. The Morgan fingerprint density at radius 1 is 1.09 bits per heavy atom. The number of hydrogen-bond acceptors (Lipinski definition) is 6. The minimum absolute atomic E-state index is 0.207. The number of fused-ring (bicyclic) bond motifs is 2. The maximum atomic E-state index is 14.0. The van der Waals surface area contributed by atoms with Gasteiger partial charge in [-0.3, -0.25) is 0 Å². The largest absolute Gasteiger partial charge is 0.478 e. The van der Waals surface area contributed by atoms with E-state index in [1.165, 1.54) is 22.5 Å². The van der Waals surface area contributed by atoms with Crippen LogP contribution in [0.1, 0.15) is 26.4 Å². The highest BCUT2D eigenvalue weighted by molar-refractivity contribution is 7.22. The molecule has 0 bridgehead atoms. The molecule has 33 heavy (non-hydrogen) atoms. The van der Waals surface area contributed by atoms with Crippen LogP contribution in [0.15, 0.2) is 48.8 Å². The summed E-state index contributed by atoms with van der Waals surface area (Å²) in [5, 5.41) is 14.7. The van der Waals surface area contributed by atoms with Crippen molar-refractivity contribution in [1.29, 1.82) is 0 Å². The normalized spacial score (nSPS) is 11.4. The second-order valence-corrected chi connectivity index (χ2v) is 10.1. The number of carbonyl (C=O) groups is 1. The minimum Gasteiger partial charge on any atom is -0.478 e. The number of benzene rings is 2. The number of carboxylic acids is 1. The standard InChI is InChI=1S/C25H20FN3O2S2/c1-13-8-16(26)10-19-17(14(2)32-23(13)19)6-7-27-22-11-20(28-12-29-22)21-9-15-4-3-5-18(25(30)31)24(15)33-21/h3-5,8-12H,6-7H2,1-2H3,(H,30,31)(H,27,28,29). The van der Waals surface area contributed by atoms with Crippen molar-refractivity contribution >= 4 is 54.6 Å². The van der Waals surface area contributed by atoms with Crippen LogP contribution in [0.2, 0.25) is 0 Å². The fourth-order valence-electron chi connectivity index (χ4n) is 4.07. The molecule has 0 spiro atoms. The molecule has 0 aliphatic carbocycles. The number of thiophene rings is 2. The molecule has 8 heteroatoms. The molecule has 0 saturated heterocycles. The van der Waals surface area contributed by atoms with Crippen LogP contribution in [-0.2, 0) is 6.42 Å². The van der Waals surface area contributed by atoms with E-state index in [-0.39, 0.29) is 5.82 Å². The summed E-state index contributed by atoms with van der Waals surface area (Å²) < 4.78 is 15.8. The third-order valence-electron chi connectivity index (χ3n) is 5.62. The Labute approximate surface area is 197 Å². The van der Waals surface area contributed by atoms with E-state index in [1.54, 1.807) is 35.6 Å². The monoisotopic (exact) mass is 477 g/mol. The first-order chi connectivity index (χ1) is 15.9. The van der Waals surface area contributed by atoms with Gasteiger partial charge in [0.05, 0.1) is 16.1 Å². The van der Waals surface area contributed by atoms with E-state index >= 15 is 0 Å². The average Bonchev–Trinajstić information content (AvgIpc) is 3.35. The number of aromatic nitrogens is 2. The van der Waals surface area contributed by atoms with Crippen molar-refractivity contribution in [3.63, 3.8) is 0 Å². The van der Waals surface area contributed by atoms with Gasteiger partial charge < -0.3 is 10.4 Å². The zero-order valence-corrected chi connectivity index (χ0v) is 19.6. The number of rotatable bonds is 6. The van der Waals surface area contributed by atoms with Crippen LogP contribution in [0.4, 0.5) is 10.2 Å².